The molecule has 7 heteroatoms. The number of rotatable bonds is 4. The number of thiazole rings is 1. The fraction of sp³-hybridized carbons (Fsp3) is 0.0435. The van der Waals surface area contributed by atoms with Gasteiger partial charge in [0.25, 0.3) is 5.56 Å². The fourth-order valence-electron chi connectivity index (χ4n) is 3.22. The van der Waals surface area contributed by atoms with Crippen molar-refractivity contribution in [1.82, 2.24) is 9.38 Å². The largest absolute Gasteiger partial charge is 0.489 e. The van der Waals surface area contributed by atoms with Crippen molar-refractivity contribution in [3.8, 4) is 5.75 Å². The molecule has 3 aromatic carbocycles. The van der Waals surface area contributed by atoms with Crippen LogP contribution in [0.15, 0.2) is 80.5 Å². The molecule has 0 N–H and O–H groups in total. The molecular weight excluding hydrogens is 528 g/mol. The Labute approximate surface area is 192 Å². The van der Waals surface area contributed by atoms with Crippen LogP contribution in [0.4, 0.5) is 0 Å². The molecule has 5 rings (SSSR count). The highest BCUT2D eigenvalue weighted by atomic mass is 79.9. The topological polar surface area (TPSA) is 43.6 Å². The van der Waals surface area contributed by atoms with Crippen molar-refractivity contribution < 1.29 is 4.74 Å². The average molecular weight is 542 g/mol. The van der Waals surface area contributed by atoms with E-state index in [0.29, 0.717) is 16.1 Å². The summed E-state index contributed by atoms with van der Waals surface area (Å²) in [5, 5.41) is 0. The predicted molar refractivity (Wildman–Crippen MR) is 128 cm³/mol. The number of imidazole rings is 1. The van der Waals surface area contributed by atoms with Crippen molar-refractivity contribution in [1.29, 1.82) is 0 Å². The lowest BCUT2D eigenvalue weighted by molar-refractivity contribution is 0.305. The van der Waals surface area contributed by atoms with E-state index in [1.807, 2.05) is 72.8 Å². The van der Waals surface area contributed by atoms with Gasteiger partial charge in [-0.15, -0.1) is 0 Å². The van der Waals surface area contributed by atoms with Crippen molar-refractivity contribution >= 4 is 65.3 Å². The number of para-hydroxylation sites is 2. The molecule has 0 saturated carbocycles. The zero-order chi connectivity index (χ0) is 20.7. The third-order valence-electron chi connectivity index (χ3n) is 4.73. The van der Waals surface area contributed by atoms with E-state index in [9.17, 15) is 4.79 Å². The molecule has 0 aliphatic carbocycles. The molecule has 0 bridgehead atoms. The molecule has 0 unspecified atom stereocenters. The lowest BCUT2D eigenvalue weighted by Gasteiger charge is -2.08. The summed E-state index contributed by atoms with van der Waals surface area (Å²) in [5.74, 6) is 0.774. The van der Waals surface area contributed by atoms with Crippen LogP contribution in [-0.2, 0) is 6.61 Å². The number of ether oxygens (including phenoxy) is 1. The van der Waals surface area contributed by atoms with E-state index in [1.165, 1.54) is 11.3 Å². The molecule has 0 aliphatic heterocycles. The van der Waals surface area contributed by atoms with E-state index >= 15 is 0 Å². The zero-order valence-electron chi connectivity index (χ0n) is 15.5. The van der Waals surface area contributed by atoms with Crippen LogP contribution in [0.3, 0.4) is 0 Å². The normalized spacial score (nSPS) is 12.1. The SMILES string of the molecule is O=c1/c(=C/c2ccc(OCc3ccc(Br)cc3Br)cc2)sc2nc3ccccc3n12. The van der Waals surface area contributed by atoms with E-state index in [4.69, 9.17) is 4.74 Å². The highest BCUT2D eigenvalue weighted by Crippen LogP contribution is 2.24. The van der Waals surface area contributed by atoms with Crippen LogP contribution in [0.2, 0.25) is 0 Å². The van der Waals surface area contributed by atoms with Crippen LogP contribution in [0.1, 0.15) is 11.1 Å². The third-order valence-corrected chi connectivity index (χ3v) is 6.93. The van der Waals surface area contributed by atoms with Gasteiger partial charge in [-0.2, -0.15) is 0 Å². The average Bonchev–Trinajstić information content (AvgIpc) is 3.25. The van der Waals surface area contributed by atoms with Gasteiger partial charge >= 0.3 is 0 Å². The Bertz CT molecular complexity index is 1490. The quantitative estimate of drug-likeness (QED) is 0.299. The summed E-state index contributed by atoms with van der Waals surface area (Å²) in [5.41, 5.74) is 3.66. The number of aromatic nitrogens is 2. The molecule has 0 amide bonds. The van der Waals surface area contributed by atoms with E-state index in [-0.39, 0.29) is 5.56 Å². The molecule has 4 nitrogen and oxygen atoms in total. The van der Waals surface area contributed by atoms with Gasteiger partial charge in [0.1, 0.15) is 12.4 Å². The summed E-state index contributed by atoms with van der Waals surface area (Å²) >= 11 is 8.41. The second kappa shape index (κ2) is 7.98. The third kappa shape index (κ3) is 3.69. The molecule has 0 fully saturated rings. The summed E-state index contributed by atoms with van der Waals surface area (Å²) in [6.07, 6.45) is 1.89. The van der Waals surface area contributed by atoms with Gasteiger partial charge in [-0.05, 0) is 48.0 Å². The second-order valence-electron chi connectivity index (χ2n) is 6.73. The standard InChI is InChI=1S/C23H14Br2N2O2S/c24-16-8-7-15(18(25)12-16)13-29-17-9-5-14(6-10-17)11-21-22(28)27-20-4-2-1-3-19(20)26-23(27)30-21/h1-12H,13H2/b21-11-. The first-order valence-electron chi connectivity index (χ1n) is 9.17. The monoisotopic (exact) mass is 540 g/mol. The van der Waals surface area contributed by atoms with Gasteiger partial charge < -0.3 is 4.74 Å². The molecule has 0 spiro atoms. The molecule has 5 aromatic rings. The molecule has 30 heavy (non-hydrogen) atoms. The zero-order valence-corrected chi connectivity index (χ0v) is 19.5. The van der Waals surface area contributed by atoms with Crippen LogP contribution in [-0.4, -0.2) is 9.38 Å². The van der Waals surface area contributed by atoms with Crippen LogP contribution in [0.25, 0.3) is 22.1 Å². The van der Waals surface area contributed by atoms with Gasteiger partial charge in [-0.1, -0.05) is 73.5 Å². The van der Waals surface area contributed by atoms with Gasteiger partial charge in [-0.25, -0.2) is 9.38 Å². The highest BCUT2D eigenvalue weighted by molar-refractivity contribution is 9.11. The maximum atomic E-state index is 12.9. The summed E-state index contributed by atoms with van der Waals surface area (Å²) in [6.45, 7) is 0.469. The number of fused-ring (bicyclic) bond motifs is 3. The molecule has 0 radical (unpaired) electrons. The number of halogens is 2. The van der Waals surface area contributed by atoms with E-state index in [2.05, 4.69) is 36.8 Å². The minimum absolute atomic E-state index is 0.0379. The fourth-order valence-corrected chi connectivity index (χ4v) is 5.37. The minimum atomic E-state index is -0.0379. The highest BCUT2D eigenvalue weighted by Gasteiger charge is 2.10. The Morgan fingerprint density at radius 1 is 1.03 bits per heavy atom. The van der Waals surface area contributed by atoms with Crippen molar-refractivity contribution in [3.05, 3.63) is 102 Å². The first-order chi connectivity index (χ1) is 14.6. The van der Waals surface area contributed by atoms with Gasteiger partial charge in [0.05, 0.1) is 15.6 Å². The first kappa shape index (κ1) is 19.5. The number of hydrogen-bond donors (Lipinski definition) is 0. The van der Waals surface area contributed by atoms with Crippen molar-refractivity contribution in [2.24, 2.45) is 0 Å². The maximum Gasteiger partial charge on any atom is 0.274 e. The Morgan fingerprint density at radius 3 is 2.63 bits per heavy atom. The van der Waals surface area contributed by atoms with Gasteiger partial charge in [-0.3, -0.25) is 4.79 Å². The van der Waals surface area contributed by atoms with Crippen molar-refractivity contribution in [2.45, 2.75) is 6.61 Å². The van der Waals surface area contributed by atoms with Gasteiger partial charge in [0.15, 0.2) is 4.96 Å². The first-order valence-corrected chi connectivity index (χ1v) is 11.6. The summed E-state index contributed by atoms with van der Waals surface area (Å²) < 4.78 is 10.3. The van der Waals surface area contributed by atoms with Gasteiger partial charge in [0.2, 0.25) is 0 Å². The molecule has 0 aliphatic rings. The second-order valence-corrected chi connectivity index (χ2v) is 9.51. The summed E-state index contributed by atoms with van der Waals surface area (Å²) in [6, 6.07) is 21.4. The van der Waals surface area contributed by atoms with Crippen molar-refractivity contribution in [2.75, 3.05) is 0 Å². The van der Waals surface area contributed by atoms with E-state index in [0.717, 1.165) is 36.9 Å². The number of nitrogens with zero attached hydrogens (tertiary/aromatic N) is 2. The molecule has 0 atom stereocenters. The Hall–Kier alpha value is -2.48. The predicted octanol–water partition coefficient (Wildman–Crippen LogP) is 5.56. The van der Waals surface area contributed by atoms with E-state index in [1.54, 1.807) is 4.40 Å². The lowest BCUT2D eigenvalue weighted by Crippen LogP contribution is -2.22. The van der Waals surface area contributed by atoms with Crippen LogP contribution in [0, 0.1) is 0 Å². The maximum absolute atomic E-state index is 12.9. The van der Waals surface area contributed by atoms with Crippen LogP contribution >= 0.6 is 43.2 Å². The smallest absolute Gasteiger partial charge is 0.274 e. The Kier molecular flexibility index (Phi) is 5.18. The lowest BCUT2D eigenvalue weighted by atomic mass is 10.2. The van der Waals surface area contributed by atoms with E-state index < -0.39 is 0 Å². The Morgan fingerprint density at radius 2 is 1.83 bits per heavy atom. The molecule has 148 valence electrons. The molecule has 2 aromatic heterocycles. The van der Waals surface area contributed by atoms with Crippen LogP contribution < -0.4 is 14.8 Å². The van der Waals surface area contributed by atoms with Crippen LogP contribution in [0.5, 0.6) is 5.75 Å². The van der Waals surface area contributed by atoms with Gasteiger partial charge in [0, 0.05) is 14.5 Å². The molecular formula is C23H14Br2N2O2S. The molecule has 0 saturated heterocycles. The molecule has 2 heterocycles. The summed E-state index contributed by atoms with van der Waals surface area (Å²) in [4.78, 5) is 18.1. The minimum Gasteiger partial charge on any atom is -0.489 e. The number of hydrogen-bond acceptors (Lipinski definition) is 4. The number of benzene rings is 3. The summed E-state index contributed by atoms with van der Waals surface area (Å²) in [7, 11) is 0. The Balaban J connectivity index is 1.40. The van der Waals surface area contributed by atoms with Crippen molar-refractivity contribution in [3.63, 3.8) is 0 Å².